The van der Waals surface area contributed by atoms with Gasteiger partial charge in [0.05, 0.1) is 18.8 Å². The summed E-state index contributed by atoms with van der Waals surface area (Å²) in [5.74, 6) is 1.48. The minimum absolute atomic E-state index is 0.0768. The Morgan fingerprint density at radius 1 is 1.22 bits per heavy atom. The van der Waals surface area contributed by atoms with Gasteiger partial charge in [-0.05, 0) is 54.9 Å². The highest BCUT2D eigenvalue weighted by Crippen LogP contribution is 2.32. The van der Waals surface area contributed by atoms with E-state index >= 15 is 0 Å². The maximum absolute atomic E-state index is 6.21. The first-order valence-corrected chi connectivity index (χ1v) is 10.0. The molecular weight excluding hydrogens is 354 g/mol. The first kappa shape index (κ1) is 19.5. The van der Waals surface area contributed by atoms with Crippen LogP contribution in [0.15, 0.2) is 48.5 Å². The third-order valence-electron chi connectivity index (χ3n) is 4.96. The fourth-order valence-corrected chi connectivity index (χ4v) is 3.52. The zero-order valence-corrected chi connectivity index (χ0v) is 17.4. The Morgan fingerprint density at radius 3 is 2.59 bits per heavy atom. The molecule has 0 aliphatic carbocycles. The second-order valence-corrected chi connectivity index (χ2v) is 7.72. The van der Waals surface area contributed by atoms with E-state index in [1.807, 2.05) is 19.2 Å². The van der Waals surface area contributed by atoms with Crippen LogP contribution in [-0.2, 0) is 0 Å². The van der Waals surface area contributed by atoms with E-state index < -0.39 is 0 Å². The highest BCUT2D eigenvalue weighted by Gasteiger charge is 2.26. The third kappa shape index (κ3) is 4.72. The predicted molar refractivity (Wildman–Crippen MR) is 118 cm³/mol. The van der Waals surface area contributed by atoms with Crippen molar-refractivity contribution in [2.45, 2.75) is 32.8 Å². The minimum Gasteiger partial charge on any atom is -0.485 e. The van der Waals surface area contributed by atoms with Crippen LogP contribution in [-0.4, -0.2) is 42.8 Å². The van der Waals surface area contributed by atoms with Crippen molar-refractivity contribution in [2.24, 2.45) is 0 Å². The summed E-state index contributed by atoms with van der Waals surface area (Å²) in [7, 11) is 2.01. The monoisotopic (exact) mass is 383 g/mol. The maximum atomic E-state index is 6.21. The number of ether oxygens (including phenoxy) is 1. The molecule has 144 valence electrons. The van der Waals surface area contributed by atoms with Crippen LogP contribution in [0.2, 0.25) is 0 Å². The van der Waals surface area contributed by atoms with E-state index in [0.717, 1.165) is 31.1 Å². The molecule has 1 aliphatic rings. The summed E-state index contributed by atoms with van der Waals surface area (Å²) in [4.78, 5) is 4.41. The topological polar surface area (TPSA) is 27.7 Å². The van der Waals surface area contributed by atoms with E-state index in [-0.39, 0.29) is 6.10 Å². The van der Waals surface area contributed by atoms with Gasteiger partial charge in [-0.15, -0.1) is 0 Å². The van der Waals surface area contributed by atoms with Crippen molar-refractivity contribution >= 4 is 28.7 Å². The van der Waals surface area contributed by atoms with Crippen molar-refractivity contribution in [1.82, 2.24) is 4.90 Å². The van der Waals surface area contributed by atoms with Gasteiger partial charge in [0.1, 0.15) is 11.9 Å². The highest BCUT2D eigenvalue weighted by molar-refractivity contribution is 7.80. The molecule has 0 fully saturated rings. The Bertz CT molecular complexity index is 775. The Kier molecular flexibility index (Phi) is 6.22. The number of likely N-dealkylation sites (N-methyl/N-ethyl adjacent to an activating group) is 2. The molecule has 0 saturated carbocycles. The number of fused-ring (bicyclic) bond motifs is 1. The quantitative estimate of drug-likeness (QED) is 0.754. The number of rotatable bonds is 5. The summed E-state index contributed by atoms with van der Waals surface area (Å²) in [6.45, 7) is 9.14. The van der Waals surface area contributed by atoms with Gasteiger partial charge in [0.25, 0.3) is 0 Å². The van der Waals surface area contributed by atoms with E-state index in [1.165, 1.54) is 11.3 Å². The predicted octanol–water partition coefficient (Wildman–Crippen LogP) is 4.73. The maximum Gasteiger partial charge on any atom is 0.173 e. The minimum atomic E-state index is 0.0768. The van der Waals surface area contributed by atoms with Crippen LogP contribution < -0.4 is 15.0 Å². The lowest BCUT2D eigenvalue weighted by molar-refractivity contribution is 0.169. The molecule has 1 N–H and O–H groups in total. The molecule has 0 bridgehead atoms. The molecule has 27 heavy (non-hydrogen) atoms. The molecule has 4 nitrogen and oxygen atoms in total. The molecule has 0 spiro atoms. The molecule has 0 aromatic heterocycles. The number of nitrogens with zero attached hydrogens (tertiary/aromatic N) is 2. The van der Waals surface area contributed by atoms with Gasteiger partial charge in [0.15, 0.2) is 5.11 Å². The lowest BCUT2D eigenvalue weighted by Crippen LogP contribution is -2.47. The van der Waals surface area contributed by atoms with Gasteiger partial charge < -0.3 is 19.9 Å². The first-order valence-electron chi connectivity index (χ1n) is 9.60. The SMILES string of the molecule is CCN1C[C@H](CN(C)C(=S)Nc2ccc(C(C)C)cc2)Oc2ccccc21. The molecule has 3 rings (SSSR count). The number of para-hydroxylation sites is 2. The standard InChI is InChI=1S/C22H29N3OS/c1-5-25-15-19(26-21-9-7-6-8-20(21)25)14-24(4)22(27)23-18-12-10-17(11-13-18)16(2)3/h6-13,16,19H,5,14-15H2,1-4H3,(H,23,27)/t19-/m0/s1. The average Bonchev–Trinajstić information content (AvgIpc) is 2.67. The van der Waals surface area contributed by atoms with E-state index in [2.05, 4.69) is 72.3 Å². The number of benzene rings is 2. The lowest BCUT2D eigenvalue weighted by Gasteiger charge is -2.37. The second kappa shape index (κ2) is 8.61. The molecule has 0 amide bonds. The van der Waals surface area contributed by atoms with Crippen LogP contribution >= 0.6 is 12.2 Å². The molecule has 0 unspecified atom stereocenters. The molecule has 0 radical (unpaired) electrons. The summed E-state index contributed by atoms with van der Waals surface area (Å²) < 4.78 is 6.21. The van der Waals surface area contributed by atoms with Crippen LogP contribution in [0.3, 0.4) is 0 Å². The van der Waals surface area contributed by atoms with Crippen LogP contribution in [0.1, 0.15) is 32.3 Å². The summed E-state index contributed by atoms with van der Waals surface area (Å²) in [5.41, 5.74) is 3.51. The molecule has 1 heterocycles. The smallest absolute Gasteiger partial charge is 0.173 e. The first-order chi connectivity index (χ1) is 13.0. The number of hydrogen-bond acceptors (Lipinski definition) is 3. The number of thiocarbonyl (C=S) groups is 1. The van der Waals surface area contributed by atoms with Gasteiger partial charge in [-0.3, -0.25) is 0 Å². The molecule has 1 aliphatic heterocycles. The zero-order valence-electron chi connectivity index (χ0n) is 16.6. The summed E-state index contributed by atoms with van der Waals surface area (Å²) in [6.07, 6.45) is 0.0768. The summed E-state index contributed by atoms with van der Waals surface area (Å²) in [5, 5.41) is 4.04. The van der Waals surface area contributed by atoms with Crippen molar-refractivity contribution in [3.63, 3.8) is 0 Å². The van der Waals surface area contributed by atoms with E-state index in [0.29, 0.717) is 11.0 Å². The van der Waals surface area contributed by atoms with Crippen molar-refractivity contribution in [3.05, 3.63) is 54.1 Å². The normalized spacial score (nSPS) is 15.9. The van der Waals surface area contributed by atoms with Crippen molar-refractivity contribution in [1.29, 1.82) is 0 Å². The highest BCUT2D eigenvalue weighted by atomic mass is 32.1. The molecule has 0 saturated heterocycles. The average molecular weight is 384 g/mol. The van der Waals surface area contributed by atoms with Crippen LogP contribution in [0.4, 0.5) is 11.4 Å². The van der Waals surface area contributed by atoms with Gasteiger partial charge in [0, 0.05) is 19.3 Å². The lowest BCUT2D eigenvalue weighted by atomic mass is 10.0. The number of hydrogen-bond donors (Lipinski definition) is 1. The van der Waals surface area contributed by atoms with Crippen LogP contribution in [0, 0.1) is 0 Å². The van der Waals surface area contributed by atoms with Crippen LogP contribution in [0.25, 0.3) is 0 Å². The van der Waals surface area contributed by atoms with Gasteiger partial charge >= 0.3 is 0 Å². The Labute approximate surface area is 168 Å². The number of nitrogens with one attached hydrogen (secondary N) is 1. The Morgan fingerprint density at radius 2 is 1.93 bits per heavy atom. The summed E-state index contributed by atoms with van der Waals surface area (Å²) in [6, 6.07) is 16.7. The largest absolute Gasteiger partial charge is 0.485 e. The van der Waals surface area contributed by atoms with E-state index in [1.54, 1.807) is 0 Å². The fourth-order valence-electron chi connectivity index (χ4n) is 3.33. The van der Waals surface area contributed by atoms with Crippen molar-refractivity contribution in [2.75, 3.05) is 36.9 Å². The van der Waals surface area contributed by atoms with Crippen molar-refractivity contribution < 1.29 is 4.74 Å². The van der Waals surface area contributed by atoms with Crippen LogP contribution in [0.5, 0.6) is 5.75 Å². The van der Waals surface area contributed by atoms with E-state index in [4.69, 9.17) is 17.0 Å². The molecule has 1 atom stereocenters. The molecule has 2 aromatic rings. The summed E-state index contributed by atoms with van der Waals surface area (Å²) >= 11 is 5.59. The fraction of sp³-hybridized carbons (Fsp3) is 0.409. The number of anilines is 2. The third-order valence-corrected chi connectivity index (χ3v) is 5.37. The van der Waals surface area contributed by atoms with E-state index in [9.17, 15) is 0 Å². The molecule has 2 aromatic carbocycles. The van der Waals surface area contributed by atoms with Gasteiger partial charge in [0.2, 0.25) is 0 Å². The Hall–Kier alpha value is -2.27. The Balaban J connectivity index is 1.60. The molecular formula is C22H29N3OS. The molecule has 5 heteroatoms. The van der Waals surface area contributed by atoms with Gasteiger partial charge in [-0.1, -0.05) is 38.1 Å². The zero-order chi connectivity index (χ0) is 19.4. The second-order valence-electron chi connectivity index (χ2n) is 7.33. The van der Waals surface area contributed by atoms with Crippen molar-refractivity contribution in [3.8, 4) is 5.75 Å². The van der Waals surface area contributed by atoms with Gasteiger partial charge in [-0.25, -0.2) is 0 Å². The van der Waals surface area contributed by atoms with Gasteiger partial charge in [-0.2, -0.15) is 0 Å².